The van der Waals surface area contributed by atoms with Gasteiger partial charge in [-0.3, -0.25) is 0 Å². The highest BCUT2D eigenvalue weighted by molar-refractivity contribution is 5.36. The summed E-state index contributed by atoms with van der Waals surface area (Å²) < 4.78 is 11.1. The fourth-order valence-corrected chi connectivity index (χ4v) is 2.22. The maximum atomic E-state index is 5.75. The molecule has 0 radical (unpaired) electrons. The zero-order valence-corrected chi connectivity index (χ0v) is 11.1. The van der Waals surface area contributed by atoms with E-state index in [1.165, 1.54) is 17.7 Å². The number of nitrogens with zero attached hydrogens (tertiary/aromatic N) is 1. The highest BCUT2D eigenvalue weighted by atomic mass is 16.5. The molecule has 1 aliphatic rings. The molecule has 0 aliphatic heterocycles. The average molecular weight is 250 g/mol. The first-order valence-corrected chi connectivity index (χ1v) is 6.77. The van der Waals surface area contributed by atoms with Gasteiger partial charge in [0.1, 0.15) is 6.61 Å². The second-order valence-corrected chi connectivity index (χ2v) is 4.58. The number of fused-ring (bicyclic) bond motifs is 1. The molecule has 1 aromatic rings. The first-order valence-electron chi connectivity index (χ1n) is 6.77. The van der Waals surface area contributed by atoms with E-state index in [-0.39, 0.29) is 0 Å². The summed E-state index contributed by atoms with van der Waals surface area (Å²) in [6, 6.07) is 2.15. The number of hydrogen-bond acceptors (Lipinski definition) is 4. The van der Waals surface area contributed by atoms with Crippen molar-refractivity contribution < 1.29 is 9.47 Å². The molecule has 0 atom stereocenters. The molecule has 1 aliphatic carbocycles. The van der Waals surface area contributed by atoms with Crippen LogP contribution in [0.3, 0.4) is 0 Å². The first-order chi connectivity index (χ1) is 8.85. The van der Waals surface area contributed by atoms with Gasteiger partial charge < -0.3 is 15.2 Å². The average Bonchev–Trinajstić information content (AvgIpc) is 2.84. The van der Waals surface area contributed by atoms with Crippen molar-refractivity contribution in [3.05, 3.63) is 22.9 Å². The molecule has 0 saturated carbocycles. The van der Waals surface area contributed by atoms with Crippen LogP contribution in [-0.4, -0.2) is 24.8 Å². The molecule has 0 amide bonds. The molecular weight excluding hydrogens is 228 g/mol. The lowest BCUT2D eigenvalue weighted by atomic mass is 10.1. The van der Waals surface area contributed by atoms with E-state index in [9.17, 15) is 0 Å². The minimum absolute atomic E-state index is 0.478. The van der Waals surface area contributed by atoms with Crippen molar-refractivity contribution in [3.63, 3.8) is 0 Å². The summed E-state index contributed by atoms with van der Waals surface area (Å²) in [7, 11) is 0. The summed E-state index contributed by atoms with van der Waals surface area (Å²) in [4.78, 5) is 4.58. The molecule has 0 unspecified atom stereocenters. The third-order valence-corrected chi connectivity index (χ3v) is 3.12. The van der Waals surface area contributed by atoms with E-state index < -0.39 is 0 Å². The van der Waals surface area contributed by atoms with Crippen molar-refractivity contribution in [3.8, 4) is 5.88 Å². The third-order valence-electron chi connectivity index (χ3n) is 3.12. The van der Waals surface area contributed by atoms with Crippen LogP contribution >= 0.6 is 0 Å². The van der Waals surface area contributed by atoms with E-state index in [1.54, 1.807) is 0 Å². The van der Waals surface area contributed by atoms with Gasteiger partial charge in [0.2, 0.25) is 5.88 Å². The molecule has 18 heavy (non-hydrogen) atoms. The van der Waals surface area contributed by atoms with Crippen LogP contribution in [0.25, 0.3) is 0 Å². The van der Waals surface area contributed by atoms with Gasteiger partial charge in [-0.25, -0.2) is 4.98 Å². The van der Waals surface area contributed by atoms with Gasteiger partial charge >= 0.3 is 0 Å². The molecule has 0 fully saturated rings. The van der Waals surface area contributed by atoms with Crippen molar-refractivity contribution in [2.24, 2.45) is 5.73 Å². The summed E-state index contributed by atoms with van der Waals surface area (Å²) >= 11 is 0. The van der Waals surface area contributed by atoms with Crippen molar-refractivity contribution in [2.75, 3.05) is 19.8 Å². The maximum absolute atomic E-state index is 5.75. The summed E-state index contributed by atoms with van der Waals surface area (Å²) in [6.07, 6.45) is 4.40. The molecule has 1 heterocycles. The van der Waals surface area contributed by atoms with Gasteiger partial charge in [0.05, 0.1) is 6.61 Å². The van der Waals surface area contributed by atoms with Gasteiger partial charge in [-0.1, -0.05) is 6.92 Å². The molecule has 4 nitrogen and oxygen atoms in total. The Kier molecular flexibility index (Phi) is 4.96. The zero-order valence-electron chi connectivity index (χ0n) is 11.1. The molecule has 100 valence electrons. The van der Waals surface area contributed by atoms with E-state index >= 15 is 0 Å². The Morgan fingerprint density at radius 1 is 1.28 bits per heavy atom. The fourth-order valence-electron chi connectivity index (χ4n) is 2.22. The fraction of sp³-hybridized carbons (Fsp3) is 0.643. The molecule has 0 bridgehead atoms. The van der Waals surface area contributed by atoms with Crippen LogP contribution in [-0.2, 0) is 24.1 Å². The molecular formula is C14H22N2O2. The van der Waals surface area contributed by atoms with Gasteiger partial charge in [0.15, 0.2) is 0 Å². The van der Waals surface area contributed by atoms with Crippen LogP contribution in [0.15, 0.2) is 6.07 Å². The molecule has 0 saturated heterocycles. The van der Waals surface area contributed by atoms with Gasteiger partial charge in [0, 0.05) is 24.4 Å². The number of aryl methyl sites for hydroxylation is 2. The SMILES string of the molecule is CCCOCCOc1nc2c(cc1CN)CCC2. The van der Waals surface area contributed by atoms with Crippen LogP contribution in [0.1, 0.15) is 36.6 Å². The number of ether oxygens (including phenoxy) is 2. The number of pyridine rings is 1. The molecule has 2 N–H and O–H groups in total. The molecule has 0 spiro atoms. The van der Waals surface area contributed by atoms with Crippen molar-refractivity contribution in [1.82, 2.24) is 4.98 Å². The Labute approximate surface area is 108 Å². The van der Waals surface area contributed by atoms with Crippen LogP contribution in [0.5, 0.6) is 5.88 Å². The van der Waals surface area contributed by atoms with Crippen LogP contribution in [0.4, 0.5) is 0 Å². The normalized spacial score (nSPS) is 13.7. The minimum atomic E-state index is 0.478. The van der Waals surface area contributed by atoms with Crippen LogP contribution in [0.2, 0.25) is 0 Å². The van der Waals surface area contributed by atoms with Crippen molar-refractivity contribution in [1.29, 1.82) is 0 Å². The Morgan fingerprint density at radius 2 is 2.17 bits per heavy atom. The summed E-state index contributed by atoms with van der Waals surface area (Å²) in [5, 5.41) is 0. The number of hydrogen-bond donors (Lipinski definition) is 1. The lowest BCUT2D eigenvalue weighted by Crippen LogP contribution is -2.11. The summed E-state index contributed by atoms with van der Waals surface area (Å²) in [5.41, 5.74) is 9.27. The quantitative estimate of drug-likeness (QED) is 0.750. The predicted molar refractivity (Wildman–Crippen MR) is 70.8 cm³/mol. The van der Waals surface area contributed by atoms with E-state index in [0.29, 0.717) is 25.6 Å². The molecule has 1 aromatic heterocycles. The standard InChI is InChI=1S/C14H22N2O2/c1-2-6-17-7-8-18-14-12(10-15)9-11-4-3-5-13(11)16-14/h9H,2-8,10,15H2,1H3. The monoisotopic (exact) mass is 250 g/mol. The topological polar surface area (TPSA) is 57.4 Å². The number of nitrogens with two attached hydrogens (primary N) is 1. The molecule has 2 rings (SSSR count). The Bertz CT molecular complexity index is 394. The third kappa shape index (κ3) is 3.21. The maximum Gasteiger partial charge on any atom is 0.218 e. The van der Waals surface area contributed by atoms with E-state index in [1.807, 2.05) is 0 Å². The van der Waals surface area contributed by atoms with E-state index in [4.69, 9.17) is 15.2 Å². The summed E-state index contributed by atoms with van der Waals surface area (Å²) in [6.45, 7) is 4.50. The predicted octanol–water partition coefficient (Wildman–Crippen LogP) is 1.83. The highest BCUT2D eigenvalue weighted by Gasteiger charge is 2.16. The van der Waals surface area contributed by atoms with E-state index in [2.05, 4.69) is 18.0 Å². The second-order valence-electron chi connectivity index (χ2n) is 4.58. The lowest BCUT2D eigenvalue weighted by molar-refractivity contribution is 0.0986. The minimum Gasteiger partial charge on any atom is -0.475 e. The van der Waals surface area contributed by atoms with Gasteiger partial charge in [0.25, 0.3) is 0 Å². The van der Waals surface area contributed by atoms with Crippen LogP contribution < -0.4 is 10.5 Å². The van der Waals surface area contributed by atoms with Crippen LogP contribution in [0, 0.1) is 0 Å². The summed E-state index contributed by atoms with van der Waals surface area (Å²) in [5.74, 6) is 0.693. The largest absolute Gasteiger partial charge is 0.475 e. The first kappa shape index (κ1) is 13.3. The number of aromatic nitrogens is 1. The Balaban J connectivity index is 1.94. The molecule has 0 aromatic carbocycles. The second kappa shape index (κ2) is 6.71. The smallest absolute Gasteiger partial charge is 0.218 e. The van der Waals surface area contributed by atoms with Gasteiger partial charge in [-0.2, -0.15) is 0 Å². The zero-order chi connectivity index (χ0) is 12.8. The molecule has 4 heteroatoms. The Hall–Kier alpha value is -1.13. The Morgan fingerprint density at radius 3 is 2.94 bits per heavy atom. The number of rotatable bonds is 7. The van der Waals surface area contributed by atoms with Crippen molar-refractivity contribution >= 4 is 0 Å². The van der Waals surface area contributed by atoms with Crippen molar-refractivity contribution in [2.45, 2.75) is 39.2 Å². The lowest BCUT2D eigenvalue weighted by Gasteiger charge is -2.11. The van der Waals surface area contributed by atoms with Gasteiger partial charge in [-0.05, 0) is 37.3 Å². The highest BCUT2D eigenvalue weighted by Crippen LogP contribution is 2.26. The van der Waals surface area contributed by atoms with Gasteiger partial charge in [-0.15, -0.1) is 0 Å². The van der Waals surface area contributed by atoms with E-state index in [0.717, 1.165) is 31.4 Å².